The van der Waals surface area contributed by atoms with E-state index in [1.165, 1.54) is 11.1 Å². The second-order valence-electron chi connectivity index (χ2n) is 1.97. The molecule has 1 rings (SSSR count). The first kappa shape index (κ1) is 8.22. The molecule has 0 spiro atoms. The van der Waals surface area contributed by atoms with Gasteiger partial charge in [0.15, 0.2) is 0 Å². The van der Waals surface area contributed by atoms with Gasteiger partial charge in [-0.1, -0.05) is 13.8 Å². The fraction of sp³-hybridized carbons (Fsp3) is 0.286. The van der Waals surface area contributed by atoms with Crippen molar-refractivity contribution < 1.29 is 25.8 Å². The van der Waals surface area contributed by atoms with Gasteiger partial charge in [0.1, 0.15) is 0 Å². The molecule has 0 amide bonds. The summed E-state index contributed by atoms with van der Waals surface area (Å²) in [6.45, 7) is 4.21. The first-order chi connectivity index (χ1) is 3.29. The molecule has 0 heterocycles. The van der Waals surface area contributed by atoms with Gasteiger partial charge in [0.05, 0.1) is 0 Å². The first-order valence-electron chi connectivity index (χ1n) is 2.49. The van der Waals surface area contributed by atoms with E-state index in [-0.39, 0.29) is 25.8 Å². The third-order valence-corrected chi connectivity index (χ3v) is 1.06. The molecule has 0 fully saturated rings. The largest absolute Gasteiger partial charge is 0.208 e. The SMILES string of the molecule is Cc1c[cH-]c(C)c1.[Hf]. The Labute approximate surface area is 69.1 Å². The van der Waals surface area contributed by atoms with Gasteiger partial charge >= 0.3 is 0 Å². The summed E-state index contributed by atoms with van der Waals surface area (Å²) in [5, 5.41) is 0. The molecule has 0 aliphatic heterocycles. The maximum Gasteiger partial charge on any atom is 0 e. The van der Waals surface area contributed by atoms with Crippen molar-refractivity contribution in [2.24, 2.45) is 0 Å². The topological polar surface area (TPSA) is 0 Å². The van der Waals surface area contributed by atoms with Gasteiger partial charge < -0.3 is 0 Å². The Hall–Kier alpha value is 0.220. The molecule has 0 aliphatic rings. The van der Waals surface area contributed by atoms with Crippen LogP contribution in [0.2, 0.25) is 0 Å². The summed E-state index contributed by atoms with van der Waals surface area (Å²) in [5.74, 6) is 0. The molecule has 0 unspecified atom stereocenters. The Balaban J connectivity index is 0.000000490. The Morgan fingerprint density at radius 2 is 2.00 bits per heavy atom. The van der Waals surface area contributed by atoms with Gasteiger partial charge in [0.2, 0.25) is 0 Å². The Morgan fingerprint density at radius 3 is 2.12 bits per heavy atom. The Kier molecular flexibility index (Phi) is 3.38. The van der Waals surface area contributed by atoms with E-state index in [2.05, 4.69) is 32.0 Å². The molecule has 1 aromatic carbocycles. The second kappa shape index (κ2) is 3.29. The molecule has 8 heavy (non-hydrogen) atoms. The number of rotatable bonds is 0. The van der Waals surface area contributed by atoms with E-state index in [9.17, 15) is 0 Å². The van der Waals surface area contributed by atoms with Crippen LogP contribution in [-0.4, -0.2) is 0 Å². The van der Waals surface area contributed by atoms with E-state index >= 15 is 0 Å². The van der Waals surface area contributed by atoms with Gasteiger partial charge in [0, 0.05) is 25.8 Å². The van der Waals surface area contributed by atoms with Crippen molar-refractivity contribution in [1.29, 1.82) is 0 Å². The van der Waals surface area contributed by atoms with Crippen LogP contribution in [0, 0.1) is 13.8 Å². The molecule has 0 nitrogen and oxygen atoms in total. The molecular formula is C7H9Hf-. The Bertz CT molecular complexity index is 137. The average Bonchev–Trinajstić information content (AvgIpc) is 1.87. The molecule has 0 aliphatic carbocycles. The van der Waals surface area contributed by atoms with Crippen LogP contribution in [0.3, 0.4) is 0 Å². The predicted octanol–water partition coefficient (Wildman–Crippen LogP) is 2.02. The van der Waals surface area contributed by atoms with Crippen molar-refractivity contribution in [3.63, 3.8) is 0 Å². The second-order valence-corrected chi connectivity index (χ2v) is 1.97. The van der Waals surface area contributed by atoms with Gasteiger partial charge in [-0.3, -0.25) is 0 Å². The van der Waals surface area contributed by atoms with E-state index in [1.54, 1.807) is 0 Å². The van der Waals surface area contributed by atoms with Crippen LogP contribution in [0.25, 0.3) is 0 Å². The molecule has 0 saturated heterocycles. The maximum atomic E-state index is 2.17. The third-order valence-electron chi connectivity index (χ3n) is 1.06. The molecule has 0 bridgehead atoms. The summed E-state index contributed by atoms with van der Waals surface area (Å²) in [6, 6.07) is 6.41. The average molecular weight is 272 g/mol. The molecule has 0 aromatic heterocycles. The normalized spacial score (nSPS) is 8.25. The van der Waals surface area contributed by atoms with Crippen LogP contribution in [0.15, 0.2) is 18.2 Å². The van der Waals surface area contributed by atoms with Crippen LogP contribution >= 0.6 is 0 Å². The van der Waals surface area contributed by atoms with Crippen molar-refractivity contribution in [2.45, 2.75) is 13.8 Å². The molecule has 0 atom stereocenters. The molecule has 0 N–H and O–H groups in total. The van der Waals surface area contributed by atoms with Crippen LogP contribution in [-0.2, 0) is 25.8 Å². The summed E-state index contributed by atoms with van der Waals surface area (Å²) in [7, 11) is 0. The minimum atomic E-state index is 0. The van der Waals surface area contributed by atoms with Gasteiger partial charge in [-0.15, -0.1) is 0 Å². The summed E-state index contributed by atoms with van der Waals surface area (Å²) in [5.41, 5.74) is 2.72. The van der Waals surface area contributed by atoms with Crippen LogP contribution in [0.4, 0.5) is 0 Å². The van der Waals surface area contributed by atoms with E-state index in [4.69, 9.17) is 0 Å². The van der Waals surface area contributed by atoms with Gasteiger partial charge in [-0.25, -0.2) is 11.6 Å². The zero-order chi connectivity index (χ0) is 5.28. The zero-order valence-electron chi connectivity index (χ0n) is 5.23. The van der Waals surface area contributed by atoms with E-state index in [0.717, 1.165) is 0 Å². The number of aryl methyl sites for hydroxylation is 2. The maximum absolute atomic E-state index is 2.17. The number of hydrogen-bond donors (Lipinski definition) is 0. The van der Waals surface area contributed by atoms with Gasteiger partial charge in [-0.2, -0.15) is 17.7 Å². The first-order valence-corrected chi connectivity index (χ1v) is 2.49. The van der Waals surface area contributed by atoms with Crippen molar-refractivity contribution >= 4 is 0 Å². The van der Waals surface area contributed by atoms with Crippen LogP contribution in [0.5, 0.6) is 0 Å². The molecule has 42 valence electrons. The number of hydrogen-bond acceptors (Lipinski definition) is 0. The quantitative estimate of drug-likeness (QED) is 0.500. The molecule has 0 saturated carbocycles. The van der Waals surface area contributed by atoms with E-state index in [1.807, 2.05) is 0 Å². The van der Waals surface area contributed by atoms with Crippen LogP contribution in [0.1, 0.15) is 11.1 Å². The summed E-state index contributed by atoms with van der Waals surface area (Å²) >= 11 is 0. The monoisotopic (exact) mass is 273 g/mol. The summed E-state index contributed by atoms with van der Waals surface area (Å²) in [4.78, 5) is 0. The van der Waals surface area contributed by atoms with Crippen molar-refractivity contribution in [3.8, 4) is 0 Å². The van der Waals surface area contributed by atoms with Crippen molar-refractivity contribution in [1.82, 2.24) is 0 Å². The van der Waals surface area contributed by atoms with Crippen molar-refractivity contribution in [2.75, 3.05) is 0 Å². The van der Waals surface area contributed by atoms with Crippen LogP contribution < -0.4 is 0 Å². The smallest absolute Gasteiger partial charge is 0 e. The third kappa shape index (κ3) is 1.99. The molecule has 1 heteroatoms. The van der Waals surface area contributed by atoms with Gasteiger partial charge in [-0.05, 0) is 0 Å². The fourth-order valence-corrected chi connectivity index (χ4v) is 0.718. The van der Waals surface area contributed by atoms with E-state index < -0.39 is 0 Å². The van der Waals surface area contributed by atoms with Crippen molar-refractivity contribution in [3.05, 3.63) is 29.3 Å². The minimum absolute atomic E-state index is 0. The molecule has 1 aromatic rings. The zero-order valence-corrected chi connectivity index (χ0v) is 8.82. The minimum Gasteiger partial charge on any atom is -0.208 e. The summed E-state index contributed by atoms with van der Waals surface area (Å²) in [6.07, 6.45) is 0. The van der Waals surface area contributed by atoms with Gasteiger partial charge in [0.25, 0.3) is 0 Å². The van der Waals surface area contributed by atoms with E-state index in [0.29, 0.717) is 0 Å². The standard InChI is InChI=1S/C7H9.Hf/c1-6-3-4-7(2)5-6;/h3-5H,1-2H3;/q-1;. The fourth-order valence-electron chi connectivity index (χ4n) is 0.718. The Morgan fingerprint density at radius 1 is 1.38 bits per heavy atom. The predicted molar refractivity (Wildman–Crippen MR) is 31.5 cm³/mol. The summed E-state index contributed by atoms with van der Waals surface area (Å²) < 4.78 is 0. The molecular weight excluding hydrogens is 263 g/mol. The molecule has 0 radical (unpaired) electrons.